The van der Waals surface area contributed by atoms with Crippen LogP contribution in [0.15, 0.2) is 48.8 Å². The molecule has 3 heterocycles. The highest BCUT2D eigenvalue weighted by molar-refractivity contribution is 5.95. The van der Waals surface area contributed by atoms with Gasteiger partial charge < -0.3 is 15.3 Å². The summed E-state index contributed by atoms with van der Waals surface area (Å²) < 4.78 is 0. The van der Waals surface area contributed by atoms with Crippen molar-refractivity contribution < 1.29 is 9.90 Å². The van der Waals surface area contributed by atoms with E-state index in [0.717, 1.165) is 29.8 Å². The Balaban J connectivity index is 1.34. The van der Waals surface area contributed by atoms with Gasteiger partial charge in [0.05, 0.1) is 23.0 Å². The zero-order valence-corrected chi connectivity index (χ0v) is 17.4. The number of hydrogen-bond acceptors (Lipinski definition) is 7. The van der Waals surface area contributed by atoms with Crippen molar-refractivity contribution in [3.05, 3.63) is 65.7 Å². The molecule has 1 aromatic carbocycles. The van der Waals surface area contributed by atoms with E-state index in [2.05, 4.69) is 26.3 Å². The van der Waals surface area contributed by atoms with Crippen molar-refractivity contribution >= 4 is 17.4 Å². The van der Waals surface area contributed by atoms with Gasteiger partial charge in [-0.2, -0.15) is 5.26 Å². The average molecular weight is 426 g/mol. The number of anilines is 2. The van der Waals surface area contributed by atoms with Gasteiger partial charge in [-0.3, -0.25) is 4.79 Å². The van der Waals surface area contributed by atoms with Crippen LogP contribution in [0.25, 0.3) is 11.3 Å². The van der Waals surface area contributed by atoms with Crippen molar-refractivity contribution in [3.63, 3.8) is 0 Å². The molecule has 8 nitrogen and oxygen atoms in total. The highest BCUT2D eigenvalue weighted by Crippen LogP contribution is 2.31. The largest absolute Gasteiger partial charge is 0.389 e. The number of aliphatic hydroxyl groups is 1. The smallest absolute Gasteiger partial charge is 0.227 e. The molecule has 8 heteroatoms. The molecule has 0 spiro atoms. The summed E-state index contributed by atoms with van der Waals surface area (Å²) in [5, 5.41) is 21.9. The fraction of sp³-hybridized carbons (Fsp3) is 0.292. The minimum Gasteiger partial charge on any atom is -0.389 e. The van der Waals surface area contributed by atoms with E-state index >= 15 is 0 Å². The Labute approximate surface area is 185 Å². The molecule has 0 bridgehead atoms. The van der Waals surface area contributed by atoms with Gasteiger partial charge in [-0.25, -0.2) is 15.0 Å². The third-order valence-electron chi connectivity index (χ3n) is 5.71. The zero-order valence-electron chi connectivity index (χ0n) is 17.4. The number of aliphatic hydroxyl groups excluding tert-OH is 1. The molecular weight excluding hydrogens is 404 g/mol. The van der Waals surface area contributed by atoms with Crippen LogP contribution in [0.5, 0.6) is 0 Å². The van der Waals surface area contributed by atoms with Gasteiger partial charge >= 0.3 is 0 Å². The summed E-state index contributed by atoms with van der Waals surface area (Å²) in [6, 6.07) is 13.3. The zero-order chi connectivity index (χ0) is 22.1. The Morgan fingerprint density at radius 3 is 2.72 bits per heavy atom. The second kappa shape index (κ2) is 8.36. The molecule has 0 radical (unpaired) electrons. The fourth-order valence-corrected chi connectivity index (χ4v) is 3.70. The summed E-state index contributed by atoms with van der Waals surface area (Å²) in [5.74, 6) is 1.55. The first-order chi connectivity index (χ1) is 15.6. The van der Waals surface area contributed by atoms with E-state index in [9.17, 15) is 15.2 Å². The van der Waals surface area contributed by atoms with E-state index in [1.54, 1.807) is 24.5 Å². The van der Waals surface area contributed by atoms with Crippen molar-refractivity contribution in [2.45, 2.75) is 25.4 Å². The summed E-state index contributed by atoms with van der Waals surface area (Å²) in [6.07, 6.45) is 5.55. The molecule has 2 aromatic heterocycles. The number of rotatable bonds is 6. The first-order valence-electron chi connectivity index (χ1n) is 10.6. The third kappa shape index (κ3) is 4.29. The molecule has 0 atom stereocenters. The average Bonchev–Trinajstić information content (AvgIpc) is 3.63. The van der Waals surface area contributed by atoms with Crippen molar-refractivity contribution in [1.29, 1.82) is 5.26 Å². The molecule has 2 fully saturated rings. The lowest BCUT2D eigenvalue weighted by molar-refractivity contribution is -0.117. The molecule has 1 aliphatic carbocycles. The van der Waals surface area contributed by atoms with Crippen LogP contribution in [0.1, 0.15) is 29.8 Å². The van der Waals surface area contributed by atoms with Crippen LogP contribution in [0, 0.1) is 17.2 Å². The van der Waals surface area contributed by atoms with Crippen molar-refractivity contribution in [1.82, 2.24) is 15.0 Å². The number of nitrogens with one attached hydrogen (secondary N) is 1. The van der Waals surface area contributed by atoms with Gasteiger partial charge in [0.25, 0.3) is 0 Å². The van der Waals surface area contributed by atoms with Crippen LogP contribution in [-0.4, -0.2) is 45.2 Å². The SMILES string of the molecule is N#Cc1cc(-c2ccnc(Cc3ccnc(N4CC(O)C4)c3)n2)ccc1NC(=O)C1CC1. The van der Waals surface area contributed by atoms with Crippen LogP contribution in [0.3, 0.4) is 0 Å². The van der Waals surface area contributed by atoms with Crippen LogP contribution in [0.2, 0.25) is 0 Å². The molecule has 0 unspecified atom stereocenters. The molecule has 1 amide bonds. The Bertz CT molecular complexity index is 1210. The van der Waals surface area contributed by atoms with Crippen molar-refractivity contribution in [2.75, 3.05) is 23.3 Å². The Hall–Kier alpha value is -3.83. The number of pyridine rings is 1. The van der Waals surface area contributed by atoms with Crippen LogP contribution < -0.4 is 10.2 Å². The van der Waals surface area contributed by atoms with E-state index in [-0.39, 0.29) is 17.9 Å². The molecule has 5 rings (SSSR count). The standard InChI is InChI=1S/C24H22N6O2/c25-12-18-11-17(3-4-20(18)29-24(32)16-1-2-16)21-6-8-26-22(28-21)9-15-5-7-27-23(10-15)30-13-19(31)14-30/h3-8,10-11,16,19,31H,1-2,9,13-14H2,(H,29,32). The second-order valence-electron chi connectivity index (χ2n) is 8.25. The van der Waals surface area contributed by atoms with Gasteiger partial charge in [-0.05, 0) is 48.7 Å². The molecule has 32 heavy (non-hydrogen) atoms. The molecule has 3 aromatic rings. The predicted molar refractivity (Wildman–Crippen MR) is 119 cm³/mol. The number of aromatic nitrogens is 3. The van der Waals surface area contributed by atoms with Gasteiger partial charge in [0, 0.05) is 43.4 Å². The molecule has 2 aliphatic rings. The molecule has 1 saturated heterocycles. The van der Waals surface area contributed by atoms with E-state index in [1.807, 2.05) is 29.2 Å². The molecular formula is C24H22N6O2. The molecule has 1 saturated carbocycles. The van der Waals surface area contributed by atoms with Crippen molar-refractivity contribution in [3.8, 4) is 17.3 Å². The van der Waals surface area contributed by atoms with Gasteiger partial charge in [0.15, 0.2) is 0 Å². The number of β-amino-alcohol motifs (C(OH)–C–C–N with tert-alkyl or cyclic N) is 1. The summed E-state index contributed by atoms with van der Waals surface area (Å²) in [6.45, 7) is 1.20. The van der Waals surface area contributed by atoms with Gasteiger partial charge in [0.1, 0.15) is 17.7 Å². The summed E-state index contributed by atoms with van der Waals surface area (Å²) in [7, 11) is 0. The number of carbonyl (C=O) groups excluding carboxylic acids is 1. The van der Waals surface area contributed by atoms with Crippen LogP contribution in [-0.2, 0) is 11.2 Å². The first-order valence-corrected chi connectivity index (χ1v) is 10.6. The van der Waals surface area contributed by atoms with E-state index < -0.39 is 0 Å². The number of hydrogen-bond donors (Lipinski definition) is 2. The quantitative estimate of drug-likeness (QED) is 0.622. The minimum atomic E-state index is -0.285. The van der Waals surface area contributed by atoms with Crippen molar-refractivity contribution in [2.24, 2.45) is 5.92 Å². The maximum atomic E-state index is 12.1. The normalized spacial score (nSPS) is 15.7. The fourth-order valence-electron chi connectivity index (χ4n) is 3.70. The summed E-state index contributed by atoms with van der Waals surface area (Å²) in [4.78, 5) is 27.5. The Kier molecular flexibility index (Phi) is 5.25. The third-order valence-corrected chi connectivity index (χ3v) is 5.71. The Morgan fingerprint density at radius 1 is 1.16 bits per heavy atom. The highest BCUT2D eigenvalue weighted by Gasteiger charge is 2.30. The maximum Gasteiger partial charge on any atom is 0.227 e. The number of amides is 1. The number of carbonyl (C=O) groups is 1. The molecule has 160 valence electrons. The topological polar surface area (TPSA) is 115 Å². The number of benzene rings is 1. The van der Waals surface area contributed by atoms with E-state index in [4.69, 9.17) is 0 Å². The van der Waals surface area contributed by atoms with Crippen LogP contribution in [0.4, 0.5) is 11.5 Å². The van der Waals surface area contributed by atoms with Gasteiger partial charge in [-0.1, -0.05) is 6.07 Å². The lowest BCUT2D eigenvalue weighted by Gasteiger charge is -2.36. The number of nitriles is 1. The summed E-state index contributed by atoms with van der Waals surface area (Å²) >= 11 is 0. The molecule has 2 N–H and O–H groups in total. The lowest BCUT2D eigenvalue weighted by atomic mass is 10.1. The number of nitrogens with zero attached hydrogens (tertiary/aromatic N) is 5. The maximum absolute atomic E-state index is 12.1. The molecule has 1 aliphatic heterocycles. The minimum absolute atomic E-state index is 0.0250. The highest BCUT2D eigenvalue weighted by atomic mass is 16.3. The summed E-state index contributed by atoms with van der Waals surface area (Å²) in [5.41, 5.74) is 3.48. The van der Waals surface area contributed by atoms with E-state index in [1.165, 1.54) is 0 Å². The first kappa shape index (κ1) is 20.1. The lowest BCUT2D eigenvalue weighted by Crippen LogP contribution is -2.51. The van der Waals surface area contributed by atoms with Gasteiger partial charge in [0.2, 0.25) is 5.91 Å². The second-order valence-corrected chi connectivity index (χ2v) is 8.25. The Morgan fingerprint density at radius 2 is 1.97 bits per heavy atom. The predicted octanol–water partition coefficient (Wildman–Crippen LogP) is 2.53. The van der Waals surface area contributed by atoms with E-state index in [0.29, 0.717) is 42.3 Å². The van der Waals surface area contributed by atoms with Gasteiger partial charge in [-0.15, -0.1) is 0 Å². The van der Waals surface area contributed by atoms with Crippen LogP contribution >= 0.6 is 0 Å². The monoisotopic (exact) mass is 426 g/mol.